The molecular formula is C16H19NO2. The summed E-state index contributed by atoms with van der Waals surface area (Å²) in [7, 11) is 1.66. The zero-order valence-electron chi connectivity index (χ0n) is 11.3. The standard InChI is InChI=1S/C16H19NO2/c1-3-19-15-6-4-5-12(10-15)13-7-8-16(18-2)14(9-13)11-17/h4-10H,3,11,17H2,1-2H3. The molecule has 3 heteroatoms. The van der Waals surface area contributed by atoms with Gasteiger partial charge in [0.1, 0.15) is 11.5 Å². The summed E-state index contributed by atoms with van der Waals surface area (Å²) in [5.74, 6) is 1.71. The summed E-state index contributed by atoms with van der Waals surface area (Å²) in [5.41, 5.74) is 8.98. The highest BCUT2D eigenvalue weighted by molar-refractivity contribution is 5.67. The van der Waals surface area contributed by atoms with Crippen molar-refractivity contribution < 1.29 is 9.47 Å². The molecule has 0 saturated carbocycles. The third kappa shape index (κ3) is 3.06. The highest BCUT2D eigenvalue weighted by Crippen LogP contribution is 2.28. The number of methoxy groups -OCH3 is 1. The Labute approximate surface area is 114 Å². The summed E-state index contributed by atoms with van der Waals surface area (Å²) in [6.07, 6.45) is 0. The van der Waals surface area contributed by atoms with E-state index in [2.05, 4.69) is 12.1 Å². The molecule has 0 radical (unpaired) electrons. The second-order valence-electron chi connectivity index (χ2n) is 4.19. The van der Waals surface area contributed by atoms with E-state index >= 15 is 0 Å². The lowest BCUT2D eigenvalue weighted by Crippen LogP contribution is -2.00. The first-order valence-corrected chi connectivity index (χ1v) is 6.38. The van der Waals surface area contributed by atoms with Gasteiger partial charge in [0.25, 0.3) is 0 Å². The average molecular weight is 257 g/mol. The van der Waals surface area contributed by atoms with Gasteiger partial charge in [-0.3, -0.25) is 0 Å². The van der Waals surface area contributed by atoms with Crippen LogP contribution >= 0.6 is 0 Å². The number of hydrogen-bond donors (Lipinski definition) is 1. The molecule has 0 fully saturated rings. The second-order valence-corrected chi connectivity index (χ2v) is 4.19. The molecule has 2 aromatic rings. The van der Waals surface area contributed by atoms with Crippen LogP contribution in [0.2, 0.25) is 0 Å². The van der Waals surface area contributed by atoms with Crippen molar-refractivity contribution >= 4 is 0 Å². The van der Waals surface area contributed by atoms with E-state index in [0.29, 0.717) is 13.2 Å². The van der Waals surface area contributed by atoms with Crippen molar-refractivity contribution in [2.75, 3.05) is 13.7 Å². The molecule has 2 N–H and O–H groups in total. The van der Waals surface area contributed by atoms with Gasteiger partial charge in [0.2, 0.25) is 0 Å². The molecular weight excluding hydrogens is 238 g/mol. The van der Waals surface area contributed by atoms with Crippen molar-refractivity contribution in [2.45, 2.75) is 13.5 Å². The first-order chi connectivity index (χ1) is 9.28. The van der Waals surface area contributed by atoms with Gasteiger partial charge in [-0.15, -0.1) is 0 Å². The van der Waals surface area contributed by atoms with Crippen molar-refractivity contribution in [3.8, 4) is 22.6 Å². The van der Waals surface area contributed by atoms with Gasteiger partial charge in [-0.25, -0.2) is 0 Å². The summed E-state index contributed by atoms with van der Waals surface area (Å²) in [6, 6.07) is 14.1. The van der Waals surface area contributed by atoms with Crippen LogP contribution in [0.3, 0.4) is 0 Å². The average Bonchev–Trinajstić information content (AvgIpc) is 2.47. The van der Waals surface area contributed by atoms with Crippen LogP contribution in [0.25, 0.3) is 11.1 Å². The van der Waals surface area contributed by atoms with E-state index in [0.717, 1.165) is 28.2 Å². The minimum atomic E-state index is 0.460. The summed E-state index contributed by atoms with van der Waals surface area (Å²) >= 11 is 0. The van der Waals surface area contributed by atoms with Crippen LogP contribution in [0.5, 0.6) is 11.5 Å². The van der Waals surface area contributed by atoms with Crippen molar-refractivity contribution in [2.24, 2.45) is 5.73 Å². The topological polar surface area (TPSA) is 44.5 Å². The Hall–Kier alpha value is -2.00. The smallest absolute Gasteiger partial charge is 0.123 e. The Morgan fingerprint density at radius 3 is 2.53 bits per heavy atom. The van der Waals surface area contributed by atoms with Gasteiger partial charge in [0.05, 0.1) is 13.7 Å². The predicted molar refractivity (Wildman–Crippen MR) is 77.5 cm³/mol. The molecule has 0 aliphatic rings. The Morgan fingerprint density at radius 1 is 1.05 bits per heavy atom. The van der Waals surface area contributed by atoms with Gasteiger partial charge >= 0.3 is 0 Å². The van der Waals surface area contributed by atoms with Crippen LogP contribution in [0.1, 0.15) is 12.5 Å². The van der Waals surface area contributed by atoms with E-state index in [1.54, 1.807) is 7.11 Å². The fraction of sp³-hybridized carbons (Fsp3) is 0.250. The maximum absolute atomic E-state index is 5.75. The number of hydrogen-bond acceptors (Lipinski definition) is 3. The number of benzene rings is 2. The molecule has 2 aromatic carbocycles. The molecule has 0 atom stereocenters. The summed E-state index contributed by atoms with van der Waals surface area (Å²) in [5, 5.41) is 0. The van der Waals surface area contributed by atoms with E-state index in [1.165, 1.54) is 0 Å². The van der Waals surface area contributed by atoms with Gasteiger partial charge in [0, 0.05) is 12.1 Å². The van der Waals surface area contributed by atoms with E-state index in [9.17, 15) is 0 Å². The van der Waals surface area contributed by atoms with Crippen LogP contribution in [0.15, 0.2) is 42.5 Å². The highest BCUT2D eigenvalue weighted by Gasteiger charge is 2.05. The van der Waals surface area contributed by atoms with E-state index in [-0.39, 0.29) is 0 Å². The maximum atomic E-state index is 5.75. The first-order valence-electron chi connectivity index (χ1n) is 6.38. The summed E-state index contributed by atoms with van der Waals surface area (Å²) < 4.78 is 10.8. The van der Waals surface area contributed by atoms with Gasteiger partial charge < -0.3 is 15.2 Å². The quantitative estimate of drug-likeness (QED) is 0.894. The molecule has 3 nitrogen and oxygen atoms in total. The van der Waals surface area contributed by atoms with Gasteiger partial charge in [0.15, 0.2) is 0 Å². The third-order valence-electron chi connectivity index (χ3n) is 2.98. The van der Waals surface area contributed by atoms with Crippen molar-refractivity contribution in [3.63, 3.8) is 0 Å². The lowest BCUT2D eigenvalue weighted by Gasteiger charge is -2.10. The van der Waals surface area contributed by atoms with E-state index in [1.807, 2.05) is 37.3 Å². The largest absolute Gasteiger partial charge is 0.496 e. The summed E-state index contributed by atoms with van der Waals surface area (Å²) in [6.45, 7) is 3.11. The normalized spacial score (nSPS) is 10.3. The van der Waals surface area contributed by atoms with Crippen LogP contribution in [-0.4, -0.2) is 13.7 Å². The van der Waals surface area contributed by atoms with Gasteiger partial charge in [-0.1, -0.05) is 18.2 Å². The molecule has 0 bridgehead atoms. The first kappa shape index (κ1) is 13.4. The minimum absolute atomic E-state index is 0.460. The van der Waals surface area contributed by atoms with Crippen molar-refractivity contribution in [1.29, 1.82) is 0 Å². The zero-order chi connectivity index (χ0) is 13.7. The highest BCUT2D eigenvalue weighted by atomic mass is 16.5. The molecule has 0 amide bonds. The van der Waals surface area contributed by atoms with Crippen LogP contribution in [-0.2, 0) is 6.54 Å². The SMILES string of the molecule is CCOc1cccc(-c2ccc(OC)c(CN)c2)c1. The Morgan fingerprint density at radius 2 is 1.84 bits per heavy atom. The molecule has 19 heavy (non-hydrogen) atoms. The van der Waals surface area contributed by atoms with Gasteiger partial charge in [-0.05, 0) is 42.3 Å². The van der Waals surface area contributed by atoms with Crippen LogP contribution < -0.4 is 15.2 Å². The summed E-state index contributed by atoms with van der Waals surface area (Å²) in [4.78, 5) is 0. The molecule has 0 heterocycles. The number of nitrogens with two attached hydrogens (primary N) is 1. The lowest BCUT2D eigenvalue weighted by molar-refractivity contribution is 0.340. The van der Waals surface area contributed by atoms with Crippen LogP contribution in [0, 0.1) is 0 Å². The minimum Gasteiger partial charge on any atom is -0.496 e. The van der Waals surface area contributed by atoms with E-state index in [4.69, 9.17) is 15.2 Å². The molecule has 0 aliphatic heterocycles. The molecule has 0 saturated heterocycles. The molecule has 100 valence electrons. The van der Waals surface area contributed by atoms with Crippen LogP contribution in [0.4, 0.5) is 0 Å². The van der Waals surface area contributed by atoms with Crippen molar-refractivity contribution in [3.05, 3.63) is 48.0 Å². The Balaban J connectivity index is 2.38. The lowest BCUT2D eigenvalue weighted by atomic mass is 10.0. The molecule has 0 spiro atoms. The fourth-order valence-electron chi connectivity index (χ4n) is 2.05. The Bertz CT molecular complexity index is 552. The van der Waals surface area contributed by atoms with Gasteiger partial charge in [-0.2, -0.15) is 0 Å². The zero-order valence-corrected chi connectivity index (χ0v) is 11.3. The Kier molecular flexibility index (Phi) is 4.42. The molecule has 2 rings (SSSR count). The molecule has 0 unspecified atom stereocenters. The number of ether oxygens (including phenoxy) is 2. The second kappa shape index (κ2) is 6.25. The predicted octanol–water partition coefficient (Wildman–Crippen LogP) is 3.22. The number of rotatable bonds is 5. The maximum Gasteiger partial charge on any atom is 0.123 e. The third-order valence-corrected chi connectivity index (χ3v) is 2.98. The van der Waals surface area contributed by atoms with E-state index < -0.39 is 0 Å². The fourth-order valence-corrected chi connectivity index (χ4v) is 2.05. The monoisotopic (exact) mass is 257 g/mol. The molecule has 0 aliphatic carbocycles. The molecule has 0 aromatic heterocycles. The van der Waals surface area contributed by atoms with Crippen molar-refractivity contribution in [1.82, 2.24) is 0 Å².